The molecule has 2 rings (SSSR count). The first kappa shape index (κ1) is 11.9. The van der Waals surface area contributed by atoms with Crippen LogP contribution in [0.25, 0.3) is 0 Å². The summed E-state index contributed by atoms with van der Waals surface area (Å²) in [7, 11) is 0. The van der Waals surface area contributed by atoms with Gasteiger partial charge < -0.3 is 10.6 Å². The molecule has 0 aliphatic carbocycles. The molecule has 1 aliphatic heterocycles. The maximum absolute atomic E-state index is 11.8. The van der Waals surface area contributed by atoms with Crippen LogP contribution in [-0.4, -0.2) is 18.4 Å². The fraction of sp³-hybridized carbons (Fsp3) is 0.333. The molecule has 1 unspecified atom stereocenters. The monoisotopic (exact) mass is 252 g/mol. The Kier molecular flexibility index (Phi) is 3.07. The minimum atomic E-state index is -0.441. The van der Waals surface area contributed by atoms with Crippen LogP contribution in [0.2, 0.25) is 5.02 Å². The van der Waals surface area contributed by atoms with Crippen molar-refractivity contribution in [2.45, 2.75) is 13.3 Å². The highest BCUT2D eigenvalue weighted by atomic mass is 35.5. The maximum Gasteiger partial charge on any atom is 0.227 e. The molecule has 1 heterocycles. The van der Waals surface area contributed by atoms with Crippen molar-refractivity contribution in [1.29, 1.82) is 0 Å². The number of hydrogen-bond acceptors (Lipinski definition) is 2. The highest BCUT2D eigenvalue weighted by Crippen LogP contribution is 2.31. The number of aryl methyl sites for hydroxylation is 1. The van der Waals surface area contributed by atoms with Gasteiger partial charge in [0.25, 0.3) is 0 Å². The molecular formula is C12H13ClN2O2. The van der Waals surface area contributed by atoms with Gasteiger partial charge in [-0.2, -0.15) is 0 Å². The molecule has 1 aromatic carbocycles. The number of primary amides is 1. The highest BCUT2D eigenvalue weighted by Gasteiger charge is 2.34. The summed E-state index contributed by atoms with van der Waals surface area (Å²) in [6, 6.07) is 5.47. The number of benzene rings is 1. The van der Waals surface area contributed by atoms with E-state index in [9.17, 15) is 9.59 Å². The fourth-order valence-electron chi connectivity index (χ4n) is 1.96. The number of nitrogens with zero attached hydrogens (tertiary/aromatic N) is 1. The van der Waals surface area contributed by atoms with Crippen molar-refractivity contribution in [1.82, 2.24) is 0 Å². The lowest BCUT2D eigenvalue weighted by atomic mass is 10.1. The normalized spacial score (nSPS) is 19.8. The summed E-state index contributed by atoms with van der Waals surface area (Å²) in [5.74, 6) is -0.969. The number of carbonyl (C=O) groups is 2. The van der Waals surface area contributed by atoms with Crippen LogP contribution < -0.4 is 10.6 Å². The summed E-state index contributed by atoms with van der Waals surface area (Å²) in [4.78, 5) is 24.4. The second kappa shape index (κ2) is 4.37. The zero-order valence-corrected chi connectivity index (χ0v) is 10.2. The molecule has 0 saturated carbocycles. The minimum Gasteiger partial charge on any atom is -0.369 e. The van der Waals surface area contributed by atoms with Crippen LogP contribution >= 0.6 is 11.6 Å². The Balaban J connectivity index is 2.29. The van der Waals surface area contributed by atoms with E-state index in [2.05, 4.69) is 0 Å². The largest absolute Gasteiger partial charge is 0.369 e. The van der Waals surface area contributed by atoms with Gasteiger partial charge in [0.15, 0.2) is 0 Å². The molecule has 90 valence electrons. The predicted molar refractivity (Wildman–Crippen MR) is 65.8 cm³/mol. The Morgan fingerprint density at radius 1 is 1.53 bits per heavy atom. The topological polar surface area (TPSA) is 63.4 Å². The second-order valence-corrected chi connectivity index (χ2v) is 4.67. The van der Waals surface area contributed by atoms with Gasteiger partial charge in [0.1, 0.15) is 0 Å². The zero-order chi connectivity index (χ0) is 12.6. The SMILES string of the molecule is Cc1ccc(N2CC(C(N)=O)CC2=O)c(Cl)c1. The summed E-state index contributed by atoms with van der Waals surface area (Å²) >= 11 is 6.09. The summed E-state index contributed by atoms with van der Waals surface area (Å²) in [5.41, 5.74) is 6.88. The molecule has 5 heteroatoms. The molecule has 1 aromatic rings. The lowest BCUT2D eigenvalue weighted by Crippen LogP contribution is -2.28. The van der Waals surface area contributed by atoms with Crippen LogP contribution in [0.5, 0.6) is 0 Å². The van der Waals surface area contributed by atoms with Gasteiger partial charge in [-0.25, -0.2) is 0 Å². The van der Waals surface area contributed by atoms with E-state index in [0.717, 1.165) is 5.56 Å². The molecule has 17 heavy (non-hydrogen) atoms. The van der Waals surface area contributed by atoms with Crippen molar-refractivity contribution in [3.8, 4) is 0 Å². The quantitative estimate of drug-likeness (QED) is 0.867. The number of amides is 2. The molecule has 1 aliphatic rings. The molecular weight excluding hydrogens is 240 g/mol. The van der Waals surface area contributed by atoms with Crippen molar-refractivity contribution in [2.24, 2.45) is 11.7 Å². The van der Waals surface area contributed by atoms with Crippen molar-refractivity contribution >= 4 is 29.1 Å². The van der Waals surface area contributed by atoms with Crippen LogP contribution in [0.3, 0.4) is 0 Å². The van der Waals surface area contributed by atoms with Gasteiger partial charge in [-0.15, -0.1) is 0 Å². The Labute approximate surface area is 104 Å². The van der Waals surface area contributed by atoms with Gasteiger partial charge in [0.05, 0.1) is 16.6 Å². The van der Waals surface area contributed by atoms with E-state index in [0.29, 0.717) is 17.3 Å². The summed E-state index contributed by atoms with van der Waals surface area (Å²) in [6.07, 6.45) is 0.166. The third-order valence-electron chi connectivity index (χ3n) is 2.92. The lowest BCUT2D eigenvalue weighted by molar-refractivity contribution is -0.123. The van der Waals surface area contributed by atoms with E-state index in [1.165, 1.54) is 4.90 Å². The first-order chi connectivity index (χ1) is 7.99. The average Bonchev–Trinajstić information content (AvgIpc) is 2.61. The third kappa shape index (κ3) is 2.26. The molecule has 1 fully saturated rings. The number of hydrogen-bond donors (Lipinski definition) is 1. The van der Waals surface area contributed by atoms with Gasteiger partial charge >= 0.3 is 0 Å². The number of carbonyl (C=O) groups excluding carboxylic acids is 2. The van der Waals surface area contributed by atoms with Crippen molar-refractivity contribution in [2.75, 3.05) is 11.4 Å². The zero-order valence-electron chi connectivity index (χ0n) is 9.44. The molecule has 4 nitrogen and oxygen atoms in total. The molecule has 1 atom stereocenters. The van der Waals surface area contributed by atoms with Gasteiger partial charge in [0.2, 0.25) is 11.8 Å². The lowest BCUT2D eigenvalue weighted by Gasteiger charge is -2.18. The molecule has 0 spiro atoms. The van der Waals surface area contributed by atoms with Crippen LogP contribution in [0, 0.1) is 12.8 Å². The van der Waals surface area contributed by atoms with Crippen LogP contribution in [0.1, 0.15) is 12.0 Å². The van der Waals surface area contributed by atoms with Crippen molar-refractivity contribution in [3.05, 3.63) is 28.8 Å². The van der Waals surface area contributed by atoms with E-state index >= 15 is 0 Å². The summed E-state index contributed by atoms with van der Waals surface area (Å²) < 4.78 is 0. The van der Waals surface area contributed by atoms with Gasteiger partial charge in [-0.3, -0.25) is 9.59 Å². The third-order valence-corrected chi connectivity index (χ3v) is 3.22. The van der Waals surface area contributed by atoms with E-state index in [1.54, 1.807) is 12.1 Å². The maximum atomic E-state index is 11.8. The van der Waals surface area contributed by atoms with Gasteiger partial charge in [-0.05, 0) is 24.6 Å². The molecule has 2 amide bonds. The average molecular weight is 253 g/mol. The standard InChI is InChI=1S/C12H13ClN2O2/c1-7-2-3-10(9(13)4-7)15-6-8(12(14)17)5-11(15)16/h2-4,8H,5-6H2,1H3,(H2,14,17). The fourth-order valence-corrected chi connectivity index (χ4v) is 2.30. The van der Waals surface area contributed by atoms with Gasteiger partial charge in [-0.1, -0.05) is 17.7 Å². The van der Waals surface area contributed by atoms with E-state index in [1.807, 2.05) is 13.0 Å². The smallest absolute Gasteiger partial charge is 0.227 e. The number of halogens is 1. The molecule has 1 saturated heterocycles. The Morgan fingerprint density at radius 2 is 2.24 bits per heavy atom. The first-order valence-corrected chi connectivity index (χ1v) is 5.72. The van der Waals surface area contributed by atoms with E-state index in [-0.39, 0.29) is 12.3 Å². The highest BCUT2D eigenvalue weighted by molar-refractivity contribution is 6.34. The minimum absolute atomic E-state index is 0.112. The van der Waals surface area contributed by atoms with E-state index < -0.39 is 11.8 Å². The number of nitrogens with two attached hydrogens (primary N) is 1. The van der Waals surface area contributed by atoms with Crippen LogP contribution in [0.4, 0.5) is 5.69 Å². The summed E-state index contributed by atoms with van der Waals surface area (Å²) in [6.45, 7) is 2.24. The predicted octanol–water partition coefficient (Wildman–Crippen LogP) is 1.49. The molecule has 2 N–H and O–H groups in total. The van der Waals surface area contributed by atoms with Crippen molar-refractivity contribution < 1.29 is 9.59 Å². The molecule has 0 aromatic heterocycles. The molecule has 0 radical (unpaired) electrons. The Morgan fingerprint density at radius 3 is 2.76 bits per heavy atom. The van der Waals surface area contributed by atoms with Crippen LogP contribution in [0.15, 0.2) is 18.2 Å². The first-order valence-electron chi connectivity index (χ1n) is 5.35. The Hall–Kier alpha value is -1.55. The molecule has 0 bridgehead atoms. The van der Waals surface area contributed by atoms with Crippen molar-refractivity contribution in [3.63, 3.8) is 0 Å². The Bertz CT molecular complexity index is 487. The second-order valence-electron chi connectivity index (χ2n) is 4.26. The summed E-state index contributed by atoms with van der Waals surface area (Å²) in [5, 5.41) is 0.517. The number of rotatable bonds is 2. The van der Waals surface area contributed by atoms with Gasteiger partial charge in [0, 0.05) is 13.0 Å². The van der Waals surface area contributed by atoms with E-state index in [4.69, 9.17) is 17.3 Å². The van der Waals surface area contributed by atoms with Crippen LogP contribution in [-0.2, 0) is 9.59 Å². The number of anilines is 1.